The third-order valence-electron chi connectivity index (χ3n) is 4.40. The predicted octanol–water partition coefficient (Wildman–Crippen LogP) is 3.02. The molecule has 1 aromatic carbocycles. The minimum Gasteiger partial charge on any atom is -0.387 e. The summed E-state index contributed by atoms with van der Waals surface area (Å²) < 4.78 is 0. The summed E-state index contributed by atoms with van der Waals surface area (Å²) in [7, 11) is 0. The molecule has 0 saturated heterocycles. The van der Waals surface area contributed by atoms with Gasteiger partial charge >= 0.3 is 0 Å². The van der Waals surface area contributed by atoms with Gasteiger partial charge in [0.15, 0.2) is 0 Å². The number of fused-ring (bicyclic) bond motifs is 1. The van der Waals surface area contributed by atoms with Gasteiger partial charge in [0.2, 0.25) is 0 Å². The number of carbonyl (C=O) groups is 1. The number of aliphatic hydroxyl groups is 1. The molecule has 3 rings (SSSR count). The molecule has 2 heterocycles. The van der Waals surface area contributed by atoms with Crippen molar-refractivity contribution in [1.29, 1.82) is 0 Å². The van der Waals surface area contributed by atoms with E-state index in [1.807, 2.05) is 32.9 Å². The Bertz CT molecular complexity index is 923. The number of aliphatic hydroxyl groups excluding tert-OH is 1. The first-order valence-corrected chi connectivity index (χ1v) is 8.21. The number of nitrogens with zero attached hydrogens (tertiary/aromatic N) is 2. The average Bonchev–Trinajstić information content (AvgIpc) is 2.63. The van der Waals surface area contributed by atoms with Crippen LogP contribution in [-0.2, 0) is 0 Å². The monoisotopic (exact) mass is 335 g/mol. The van der Waals surface area contributed by atoms with E-state index in [-0.39, 0.29) is 12.5 Å². The fourth-order valence-electron chi connectivity index (χ4n) is 2.82. The standard InChI is InChI=1S/C20H21N3O2/c1-12-6-7-16-17(9-13(2)23-19(16)14(12)3)20(25)22-11-18(24)15-5-4-8-21-10-15/h4-10,18,24H,11H2,1-3H3,(H,22,25)/t18-/m0/s1. The Morgan fingerprint density at radius 1 is 1.24 bits per heavy atom. The summed E-state index contributed by atoms with van der Waals surface area (Å²) in [5, 5.41) is 13.8. The Balaban J connectivity index is 1.86. The molecule has 0 spiro atoms. The number of pyridine rings is 2. The molecule has 0 aliphatic heterocycles. The molecule has 0 saturated carbocycles. The lowest BCUT2D eigenvalue weighted by atomic mass is 10.0. The van der Waals surface area contributed by atoms with Crippen LogP contribution < -0.4 is 5.32 Å². The molecule has 3 aromatic rings. The zero-order valence-corrected chi connectivity index (χ0v) is 14.6. The van der Waals surface area contributed by atoms with Crippen LogP contribution in [0.25, 0.3) is 10.9 Å². The normalized spacial score (nSPS) is 12.2. The van der Waals surface area contributed by atoms with E-state index in [0.29, 0.717) is 11.1 Å². The summed E-state index contributed by atoms with van der Waals surface area (Å²) in [6.07, 6.45) is 2.44. The predicted molar refractivity (Wildman–Crippen MR) is 97.5 cm³/mol. The largest absolute Gasteiger partial charge is 0.387 e. The molecule has 2 aromatic heterocycles. The highest BCUT2D eigenvalue weighted by Gasteiger charge is 2.15. The maximum atomic E-state index is 12.7. The molecule has 0 bridgehead atoms. The van der Waals surface area contributed by atoms with Gasteiger partial charge in [-0.1, -0.05) is 18.2 Å². The lowest BCUT2D eigenvalue weighted by Crippen LogP contribution is -2.28. The van der Waals surface area contributed by atoms with Gasteiger partial charge in [-0.25, -0.2) is 0 Å². The van der Waals surface area contributed by atoms with Crippen LogP contribution in [-0.4, -0.2) is 27.5 Å². The third kappa shape index (κ3) is 3.51. The third-order valence-corrected chi connectivity index (χ3v) is 4.40. The van der Waals surface area contributed by atoms with Crippen molar-refractivity contribution in [3.63, 3.8) is 0 Å². The van der Waals surface area contributed by atoms with Crippen molar-refractivity contribution in [2.24, 2.45) is 0 Å². The van der Waals surface area contributed by atoms with Gasteiger partial charge in [0.1, 0.15) is 0 Å². The second kappa shape index (κ2) is 6.99. The second-order valence-corrected chi connectivity index (χ2v) is 6.23. The van der Waals surface area contributed by atoms with Crippen molar-refractivity contribution in [1.82, 2.24) is 15.3 Å². The fraction of sp³-hybridized carbons (Fsp3) is 0.250. The number of aryl methyl sites for hydroxylation is 3. The lowest BCUT2D eigenvalue weighted by molar-refractivity contribution is 0.0917. The van der Waals surface area contributed by atoms with Crippen LogP contribution in [0.4, 0.5) is 0 Å². The highest BCUT2D eigenvalue weighted by Crippen LogP contribution is 2.24. The molecule has 0 unspecified atom stereocenters. The molecular formula is C20H21N3O2. The summed E-state index contributed by atoms with van der Waals surface area (Å²) in [4.78, 5) is 21.2. The zero-order valence-electron chi connectivity index (χ0n) is 14.6. The summed E-state index contributed by atoms with van der Waals surface area (Å²) >= 11 is 0. The van der Waals surface area contributed by atoms with E-state index in [1.165, 1.54) is 0 Å². The number of carbonyl (C=O) groups excluding carboxylic acids is 1. The first-order valence-electron chi connectivity index (χ1n) is 8.21. The molecule has 0 radical (unpaired) electrons. The minimum absolute atomic E-state index is 0.123. The van der Waals surface area contributed by atoms with Crippen molar-refractivity contribution in [3.05, 3.63) is 70.7 Å². The maximum absolute atomic E-state index is 12.7. The van der Waals surface area contributed by atoms with Crippen LogP contribution in [0.2, 0.25) is 0 Å². The highest BCUT2D eigenvalue weighted by atomic mass is 16.3. The minimum atomic E-state index is -0.796. The number of nitrogens with one attached hydrogen (secondary N) is 1. The van der Waals surface area contributed by atoms with Gasteiger partial charge in [-0.3, -0.25) is 14.8 Å². The number of benzene rings is 1. The first kappa shape index (κ1) is 17.0. The summed E-state index contributed by atoms with van der Waals surface area (Å²) in [6, 6.07) is 9.24. The second-order valence-electron chi connectivity index (χ2n) is 6.23. The van der Waals surface area contributed by atoms with Gasteiger partial charge in [-0.05, 0) is 44.0 Å². The van der Waals surface area contributed by atoms with E-state index >= 15 is 0 Å². The van der Waals surface area contributed by atoms with Crippen molar-refractivity contribution in [2.75, 3.05) is 6.54 Å². The number of hydrogen-bond acceptors (Lipinski definition) is 4. The molecule has 2 N–H and O–H groups in total. The lowest BCUT2D eigenvalue weighted by Gasteiger charge is -2.14. The molecule has 0 aliphatic carbocycles. The van der Waals surface area contributed by atoms with E-state index < -0.39 is 6.10 Å². The van der Waals surface area contributed by atoms with Gasteiger partial charge in [0.05, 0.1) is 17.2 Å². The topological polar surface area (TPSA) is 75.1 Å². The van der Waals surface area contributed by atoms with Crippen LogP contribution in [0.3, 0.4) is 0 Å². The van der Waals surface area contributed by atoms with E-state index in [0.717, 1.165) is 27.7 Å². The molecule has 1 atom stereocenters. The van der Waals surface area contributed by atoms with E-state index in [9.17, 15) is 9.90 Å². The Hall–Kier alpha value is -2.79. The van der Waals surface area contributed by atoms with Crippen LogP contribution in [0.5, 0.6) is 0 Å². The quantitative estimate of drug-likeness (QED) is 0.768. The van der Waals surface area contributed by atoms with Crippen molar-refractivity contribution in [2.45, 2.75) is 26.9 Å². The van der Waals surface area contributed by atoms with Crippen molar-refractivity contribution < 1.29 is 9.90 Å². The summed E-state index contributed by atoms with van der Waals surface area (Å²) in [5.74, 6) is -0.221. The van der Waals surface area contributed by atoms with Crippen molar-refractivity contribution >= 4 is 16.8 Å². The van der Waals surface area contributed by atoms with Crippen LogP contribution in [0, 0.1) is 20.8 Å². The molecule has 1 amide bonds. The molecule has 25 heavy (non-hydrogen) atoms. The van der Waals surface area contributed by atoms with Gasteiger partial charge in [0, 0.05) is 35.6 Å². The molecular weight excluding hydrogens is 314 g/mol. The van der Waals surface area contributed by atoms with Gasteiger partial charge in [-0.2, -0.15) is 0 Å². The molecule has 0 fully saturated rings. The van der Waals surface area contributed by atoms with Gasteiger partial charge in [-0.15, -0.1) is 0 Å². The van der Waals surface area contributed by atoms with Crippen LogP contribution in [0.15, 0.2) is 42.7 Å². The molecule has 128 valence electrons. The Morgan fingerprint density at radius 2 is 2.04 bits per heavy atom. The Kier molecular flexibility index (Phi) is 4.76. The van der Waals surface area contributed by atoms with E-state index in [4.69, 9.17) is 0 Å². The number of aromatic nitrogens is 2. The molecule has 5 nitrogen and oxygen atoms in total. The average molecular weight is 335 g/mol. The summed E-state index contributed by atoms with van der Waals surface area (Å²) in [6.45, 7) is 6.04. The maximum Gasteiger partial charge on any atom is 0.252 e. The van der Waals surface area contributed by atoms with Crippen LogP contribution >= 0.6 is 0 Å². The van der Waals surface area contributed by atoms with E-state index in [2.05, 4.69) is 15.3 Å². The van der Waals surface area contributed by atoms with Gasteiger partial charge in [0.25, 0.3) is 5.91 Å². The Labute approximate surface area is 146 Å². The number of rotatable bonds is 4. The zero-order chi connectivity index (χ0) is 18.0. The first-order chi connectivity index (χ1) is 12.0. The number of hydrogen-bond donors (Lipinski definition) is 2. The smallest absolute Gasteiger partial charge is 0.252 e. The highest BCUT2D eigenvalue weighted by molar-refractivity contribution is 6.07. The van der Waals surface area contributed by atoms with E-state index in [1.54, 1.807) is 30.6 Å². The molecule has 5 heteroatoms. The SMILES string of the molecule is Cc1cc(C(=O)NC[C@H](O)c2cccnc2)c2ccc(C)c(C)c2n1. The summed E-state index contributed by atoms with van der Waals surface area (Å²) in [5.41, 5.74) is 5.10. The fourth-order valence-corrected chi connectivity index (χ4v) is 2.82. The molecule has 0 aliphatic rings. The number of amides is 1. The van der Waals surface area contributed by atoms with Gasteiger partial charge < -0.3 is 10.4 Å². The Morgan fingerprint density at radius 3 is 2.76 bits per heavy atom. The van der Waals surface area contributed by atoms with Crippen molar-refractivity contribution in [3.8, 4) is 0 Å². The van der Waals surface area contributed by atoms with Crippen LogP contribution in [0.1, 0.15) is 38.8 Å².